The number of pyridine rings is 1. The molecule has 0 fully saturated rings. The van der Waals surface area contributed by atoms with Gasteiger partial charge in [0.05, 0.1) is 11.1 Å². The number of Topliss-reactive ketones (excluding diaryl/α,β-unsaturated/α-hetero) is 1. The first kappa shape index (κ1) is 20.4. The normalized spacial score (nSPS) is 11.1. The predicted molar refractivity (Wildman–Crippen MR) is 113 cm³/mol. The molecule has 2 aromatic heterocycles. The van der Waals surface area contributed by atoms with E-state index >= 15 is 0 Å². The Morgan fingerprint density at radius 1 is 1.14 bits per heavy atom. The number of fused-ring (bicyclic) bond motifs is 1. The van der Waals surface area contributed by atoms with Gasteiger partial charge in [-0.1, -0.05) is 24.9 Å². The summed E-state index contributed by atoms with van der Waals surface area (Å²) in [5.74, 6) is 0.111. The summed E-state index contributed by atoms with van der Waals surface area (Å²) < 4.78 is 2.43. The van der Waals surface area contributed by atoms with Crippen LogP contribution < -0.4 is 11.2 Å². The highest BCUT2D eigenvalue weighted by Crippen LogP contribution is 2.29. The van der Waals surface area contributed by atoms with Gasteiger partial charge in [-0.05, 0) is 36.2 Å². The van der Waals surface area contributed by atoms with E-state index < -0.39 is 11.2 Å². The maximum atomic E-state index is 12.8. The van der Waals surface area contributed by atoms with Gasteiger partial charge in [-0.15, -0.1) is 11.8 Å². The summed E-state index contributed by atoms with van der Waals surface area (Å²) in [5, 5.41) is 0.948. The van der Waals surface area contributed by atoms with Crippen molar-refractivity contribution in [2.24, 2.45) is 14.1 Å². The minimum atomic E-state index is -0.429. The molecule has 0 unspecified atom stereocenters. The zero-order chi connectivity index (χ0) is 20.4. The molecule has 2 heterocycles. The summed E-state index contributed by atoms with van der Waals surface area (Å²) in [6.07, 6.45) is 3.30. The molecule has 0 saturated heterocycles. The molecule has 28 heavy (non-hydrogen) atoms. The second-order valence-corrected chi connectivity index (χ2v) is 7.91. The molecule has 0 N–H and O–H groups in total. The first-order valence-corrected chi connectivity index (χ1v) is 10.2. The average Bonchev–Trinajstić information content (AvgIpc) is 2.69. The van der Waals surface area contributed by atoms with Gasteiger partial charge in [-0.2, -0.15) is 0 Å². The number of halogens is 1. The number of nitrogens with zero attached hydrogens (tertiary/aromatic N) is 3. The molecule has 0 aliphatic rings. The lowest BCUT2D eigenvalue weighted by molar-refractivity contribution is 0.102. The van der Waals surface area contributed by atoms with Gasteiger partial charge >= 0.3 is 5.69 Å². The lowest BCUT2D eigenvalue weighted by Crippen LogP contribution is -2.37. The van der Waals surface area contributed by atoms with Gasteiger partial charge in [0.25, 0.3) is 5.56 Å². The molecule has 3 aromatic rings. The molecule has 0 bridgehead atoms. The zero-order valence-corrected chi connectivity index (χ0v) is 17.4. The van der Waals surface area contributed by atoms with Crippen LogP contribution in [0.3, 0.4) is 0 Å². The molecule has 1 aromatic carbocycles. The quantitative estimate of drug-likeness (QED) is 0.454. The number of aromatic nitrogens is 3. The molecule has 146 valence electrons. The maximum absolute atomic E-state index is 12.8. The van der Waals surface area contributed by atoms with Crippen LogP contribution in [0, 0.1) is 0 Å². The number of rotatable bonds is 6. The zero-order valence-electron chi connectivity index (χ0n) is 15.9. The second kappa shape index (κ2) is 8.32. The Hall–Kier alpha value is -2.38. The first-order chi connectivity index (χ1) is 13.3. The molecule has 8 heteroatoms. The van der Waals surface area contributed by atoms with Crippen molar-refractivity contribution in [1.29, 1.82) is 0 Å². The third kappa shape index (κ3) is 3.77. The molecule has 6 nitrogen and oxygen atoms in total. The largest absolute Gasteiger partial charge is 0.332 e. The van der Waals surface area contributed by atoms with Crippen molar-refractivity contribution >= 4 is 40.2 Å². The predicted octanol–water partition coefficient (Wildman–Crippen LogP) is 3.21. The van der Waals surface area contributed by atoms with Gasteiger partial charge in [0.1, 0.15) is 5.65 Å². The SMILES string of the molecule is CCCc1cnc2c(c1SCC(=O)c1ccc(Cl)cc1)c(=O)n(C)c(=O)n2C. The monoisotopic (exact) mass is 417 g/mol. The van der Waals surface area contributed by atoms with E-state index in [4.69, 9.17) is 11.6 Å². The van der Waals surface area contributed by atoms with Crippen LogP contribution in [0.15, 0.2) is 44.9 Å². The Morgan fingerprint density at radius 2 is 1.82 bits per heavy atom. The number of carbonyl (C=O) groups excluding carboxylic acids is 1. The Bertz CT molecular complexity index is 1170. The van der Waals surface area contributed by atoms with E-state index in [0.29, 0.717) is 26.5 Å². The third-order valence-electron chi connectivity index (χ3n) is 4.53. The topological polar surface area (TPSA) is 74.0 Å². The van der Waals surface area contributed by atoms with E-state index in [-0.39, 0.29) is 11.5 Å². The highest BCUT2D eigenvalue weighted by molar-refractivity contribution is 8.00. The standard InChI is InChI=1S/C20H20ClN3O3S/c1-4-5-13-10-22-18-16(19(26)24(3)20(27)23(18)2)17(13)28-11-15(25)12-6-8-14(21)9-7-12/h6-10H,4-5,11H2,1-3H3. The number of aryl methyl sites for hydroxylation is 2. The molecule has 0 aliphatic carbocycles. The van der Waals surface area contributed by atoms with Gasteiger partial charge in [0, 0.05) is 35.8 Å². The molecular formula is C20H20ClN3O3S. The number of hydrogen-bond donors (Lipinski definition) is 0. The molecule has 0 aliphatic heterocycles. The minimum Gasteiger partial charge on any atom is -0.293 e. The molecule has 0 radical (unpaired) electrons. The molecule has 0 spiro atoms. The number of benzene rings is 1. The maximum Gasteiger partial charge on any atom is 0.332 e. The molecule has 0 saturated carbocycles. The molecular weight excluding hydrogens is 398 g/mol. The fourth-order valence-corrected chi connectivity index (χ4v) is 4.24. The third-order valence-corrected chi connectivity index (χ3v) is 5.94. The lowest BCUT2D eigenvalue weighted by atomic mass is 10.1. The smallest absolute Gasteiger partial charge is 0.293 e. The number of hydrogen-bond acceptors (Lipinski definition) is 5. The molecule has 0 atom stereocenters. The van der Waals surface area contributed by atoms with Crippen molar-refractivity contribution in [3.8, 4) is 0 Å². The second-order valence-electron chi connectivity index (χ2n) is 6.49. The van der Waals surface area contributed by atoms with Crippen molar-refractivity contribution in [2.45, 2.75) is 24.7 Å². The summed E-state index contributed by atoms with van der Waals surface area (Å²) in [5.41, 5.74) is 0.966. The Kier molecular flexibility index (Phi) is 6.05. The van der Waals surface area contributed by atoms with Crippen molar-refractivity contribution in [1.82, 2.24) is 14.1 Å². The van der Waals surface area contributed by atoms with E-state index in [1.807, 2.05) is 6.92 Å². The van der Waals surface area contributed by atoms with Crippen molar-refractivity contribution < 1.29 is 4.79 Å². The number of carbonyl (C=O) groups is 1. The van der Waals surface area contributed by atoms with E-state index in [0.717, 1.165) is 23.0 Å². The van der Waals surface area contributed by atoms with Crippen LogP contribution in [0.5, 0.6) is 0 Å². The van der Waals surface area contributed by atoms with Crippen LogP contribution in [-0.2, 0) is 20.5 Å². The van der Waals surface area contributed by atoms with Crippen LogP contribution in [0.1, 0.15) is 29.3 Å². The first-order valence-electron chi connectivity index (χ1n) is 8.84. The van der Waals surface area contributed by atoms with Gasteiger partial charge in [-0.3, -0.25) is 18.7 Å². The summed E-state index contributed by atoms with van der Waals surface area (Å²) in [4.78, 5) is 42.7. The summed E-state index contributed by atoms with van der Waals surface area (Å²) in [7, 11) is 3.04. The van der Waals surface area contributed by atoms with Crippen LogP contribution >= 0.6 is 23.4 Å². The van der Waals surface area contributed by atoms with Gasteiger partial charge in [-0.25, -0.2) is 9.78 Å². The van der Waals surface area contributed by atoms with Gasteiger partial charge in [0.15, 0.2) is 5.78 Å². The van der Waals surface area contributed by atoms with Gasteiger partial charge in [0.2, 0.25) is 0 Å². The van der Waals surface area contributed by atoms with Crippen LogP contribution in [0.25, 0.3) is 11.0 Å². The van der Waals surface area contributed by atoms with Crippen LogP contribution in [0.4, 0.5) is 0 Å². The summed E-state index contributed by atoms with van der Waals surface area (Å²) in [6.45, 7) is 2.04. The lowest BCUT2D eigenvalue weighted by Gasteiger charge is -2.14. The van der Waals surface area contributed by atoms with E-state index in [2.05, 4.69) is 4.98 Å². The Labute approximate surface area is 171 Å². The van der Waals surface area contributed by atoms with Crippen LogP contribution in [0.2, 0.25) is 5.02 Å². The summed E-state index contributed by atoms with van der Waals surface area (Å²) >= 11 is 7.19. The highest BCUT2D eigenvalue weighted by atomic mass is 35.5. The van der Waals surface area contributed by atoms with E-state index in [1.54, 1.807) is 37.5 Å². The van der Waals surface area contributed by atoms with Crippen molar-refractivity contribution in [3.05, 3.63) is 67.4 Å². The Morgan fingerprint density at radius 3 is 2.46 bits per heavy atom. The van der Waals surface area contributed by atoms with Crippen molar-refractivity contribution in [3.63, 3.8) is 0 Å². The number of ketones is 1. The summed E-state index contributed by atoms with van der Waals surface area (Å²) in [6, 6.07) is 6.72. The van der Waals surface area contributed by atoms with Crippen LogP contribution in [-0.4, -0.2) is 25.7 Å². The molecule has 3 rings (SSSR count). The fraction of sp³-hybridized carbons (Fsp3) is 0.300. The van der Waals surface area contributed by atoms with Gasteiger partial charge < -0.3 is 0 Å². The Balaban J connectivity index is 2.08. The highest BCUT2D eigenvalue weighted by Gasteiger charge is 2.18. The number of thioether (sulfide) groups is 1. The average molecular weight is 418 g/mol. The van der Waals surface area contributed by atoms with E-state index in [9.17, 15) is 14.4 Å². The van der Waals surface area contributed by atoms with E-state index in [1.165, 1.54) is 23.4 Å². The van der Waals surface area contributed by atoms with Crippen molar-refractivity contribution in [2.75, 3.05) is 5.75 Å². The molecule has 0 amide bonds. The minimum absolute atomic E-state index is 0.0595. The fourth-order valence-electron chi connectivity index (χ4n) is 3.01.